The molecule has 0 amide bonds. The van der Waals surface area contributed by atoms with Gasteiger partial charge >= 0.3 is 0 Å². The van der Waals surface area contributed by atoms with E-state index >= 15 is 0 Å². The number of aromatic nitrogens is 1. The summed E-state index contributed by atoms with van der Waals surface area (Å²) in [6.07, 6.45) is 4.85. The Bertz CT molecular complexity index is 542. The minimum absolute atomic E-state index is 0.429. The van der Waals surface area contributed by atoms with Crippen LogP contribution < -0.4 is 0 Å². The van der Waals surface area contributed by atoms with E-state index in [-0.39, 0.29) is 0 Å². The molecular formula is C15H17NO. The average Bonchev–Trinajstić information content (AvgIpc) is 3.22. The lowest BCUT2D eigenvalue weighted by atomic mass is 9.84. The van der Waals surface area contributed by atoms with Crippen molar-refractivity contribution in [3.8, 4) is 0 Å². The molecule has 2 heteroatoms. The summed E-state index contributed by atoms with van der Waals surface area (Å²) in [4.78, 5) is 4.36. The van der Waals surface area contributed by atoms with Gasteiger partial charge < -0.3 is 5.11 Å². The Kier molecular flexibility index (Phi) is 2.40. The van der Waals surface area contributed by atoms with Crippen LogP contribution in [0.15, 0.2) is 36.5 Å². The van der Waals surface area contributed by atoms with Crippen molar-refractivity contribution in [2.75, 3.05) is 0 Å². The molecular weight excluding hydrogens is 210 g/mol. The third kappa shape index (κ3) is 1.64. The zero-order chi connectivity index (χ0) is 11.9. The third-order valence-corrected chi connectivity index (χ3v) is 3.90. The Morgan fingerprint density at radius 1 is 1.29 bits per heavy atom. The van der Waals surface area contributed by atoms with Crippen LogP contribution in [0, 0.1) is 5.92 Å². The zero-order valence-electron chi connectivity index (χ0n) is 10.1. The van der Waals surface area contributed by atoms with Crippen LogP contribution in [0.1, 0.15) is 31.7 Å². The van der Waals surface area contributed by atoms with Crippen molar-refractivity contribution < 1.29 is 5.11 Å². The number of aliphatic hydroxyl groups is 1. The van der Waals surface area contributed by atoms with Gasteiger partial charge in [-0.15, -0.1) is 0 Å². The smallest absolute Gasteiger partial charge is 0.0928 e. The topological polar surface area (TPSA) is 33.1 Å². The van der Waals surface area contributed by atoms with Gasteiger partial charge in [0.15, 0.2) is 0 Å². The molecule has 1 unspecified atom stereocenters. The van der Waals surface area contributed by atoms with Gasteiger partial charge in [0.25, 0.3) is 0 Å². The van der Waals surface area contributed by atoms with Gasteiger partial charge in [-0.3, -0.25) is 4.98 Å². The molecule has 0 spiro atoms. The molecule has 2 aromatic rings. The molecule has 1 heterocycles. The number of benzene rings is 1. The second-order valence-electron chi connectivity index (χ2n) is 4.93. The van der Waals surface area contributed by atoms with Gasteiger partial charge in [0.1, 0.15) is 0 Å². The normalized spacial score (nSPS) is 19.2. The molecule has 1 saturated carbocycles. The summed E-state index contributed by atoms with van der Waals surface area (Å²) in [6, 6.07) is 10.0. The summed E-state index contributed by atoms with van der Waals surface area (Å²) in [6.45, 7) is 2.06. The van der Waals surface area contributed by atoms with Crippen LogP contribution in [0.25, 0.3) is 10.9 Å². The van der Waals surface area contributed by atoms with Crippen molar-refractivity contribution in [1.29, 1.82) is 0 Å². The Labute approximate surface area is 101 Å². The largest absolute Gasteiger partial charge is 0.385 e. The summed E-state index contributed by atoms with van der Waals surface area (Å²) in [5, 5.41) is 12.0. The number of hydrogen-bond acceptors (Lipinski definition) is 2. The maximum Gasteiger partial charge on any atom is 0.0928 e. The molecule has 17 heavy (non-hydrogen) atoms. The van der Waals surface area contributed by atoms with Crippen LogP contribution in [0.4, 0.5) is 0 Å². The molecule has 1 N–H and O–H groups in total. The fourth-order valence-corrected chi connectivity index (χ4v) is 2.74. The van der Waals surface area contributed by atoms with Crippen LogP contribution in [-0.4, -0.2) is 10.1 Å². The van der Waals surface area contributed by atoms with Crippen LogP contribution >= 0.6 is 0 Å². The lowest BCUT2D eigenvalue weighted by Crippen LogP contribution is -2.27. The lowest BCUT2D eigenvalue weighted by Gasteiger charge is -2.28. The minimum Gasteiger partial charge on any atom is -0.385 e. The van der Waals surface area contributed by atoms with E-state index in [1.165, 1.54) is 0 Å². The first-order valence-electron chi connectivity index (χ1n) is 6.32. The van der Waals surface area contributed by atoms with E-state index in [2.05, 4.69) is 18.0 Å². The summed E-state index contributed by atoms with van der Waals surface area (Å²) in [5.74, 6) is 0.429. The summed E-state index contributed by atoms with van der Waals surface area (Å²) in [7, 11) is 0. The van der Waals surface area contributed by atoms with Gasteiger partial charge in [0.2, 0.25) is 0 Å². The summed E-state index contributed by atoms with van der Waals surface area (Å²) in [5.41, 5.74) is 1.35. The highest BCUT2D eigenvalue weighted by Crippen LogP contribution is 2.48. The van der Waals surface area contributed by atoms with Crippen molar-refractivity contribution in [2.24, 2.45) is 5.92 Å². The van der Waals surface area contributed by atoms with Crippen LogP contribution in [0.5, 0.6) is 0 Å². The zero-order valence-corrected chi connectivity index (χ0v) is 10.1. The highest BCUT2D eigenvalue weighted by atomic mass is 16.3. The van der Waals surface area contributed by atoms with Gasteiger partial charge in [0, 0.05) is 11.6 Å². The predicted molar refractivity (Wildman–Crippen MR) is 68.7 cm³/mol. The molecule has 1 aliphatic rings. The standard InChI is InChI=1S/C15H17NO/c1-2-15(17,11-8-9-11)13-6-3-7-14-12(13)5-4-10-16-14/h3-7,10-11,17H,2,8-9H2,1H3. The maximum atomic E-state index is 10.9. The van der Waals surface area contributed by atoms with E-state index in [1.807, 2.05) is 24.3 Å². The molecule has 0 aliphatic heterocycles. The fourth-order valence-electron chi connectivity index (χ4n) is 2.74. The molecule has 1 aliphatic carbocycles. The Balaban J connectivity index is 2.22. The van der Waals surface area contributed by atoms with Crippen molar-refractivity contribution in [3.05, 3.63) is 42.1 Å². The van der Waals surface area contributed by atoms with E-state index in [1.54, 1.807) is 6.20 Å². The number of fused-ring (bicyclic) bond motifs is 1. The molecule has 0 radical (unpaired) electrons. The van der Waals surface area contributed by atoms with Crippen molar-refractivity contribution in [3.63, 3.8) is 0 Å². The van der Waals surface area contributed by atoms with Crippen LogP contribution in [0.2, 0.25) is 0 Å². The maximum absolute atomic E-state index is 10.9. The first-order valence-corrected chi connectivity index (χ1v) is 6.32. The SMILES string of the molecule is CCC(O)(c1cccc2ncccc12)C1CC1. The van der Waals surface area contributed by atoms with Crippen LogP contribution in [-0.2, 0) is 5.60 Å². The second kappa shape index (κ2) is 3.81. The van der Waals surface area contributed by atoms with Gasteiger partial charge in [-0.1, -0.05) is 25.1 Å². The molecule has 2 nitrogen and oxygen atoms in total. The minimum atomic E-state index is -0.664. The molecule has 1 fully saturated rings. The molecule has 0 saturated heterocycles. The molecule has 1 aromatic carbocycles. The van der Waals surface area contributed by atoms with Crippen molar-refractivity contribution in [2.45, 2.75) is 31.8 Å². The summed E-state index contributed by atoms with van der Waals surface area (Å²) < 4.78 is 0. The van der Waals surface area contributed by atoms with Crippen molar-refractivity contribution in [1.82, 2.24) is 4.98 Å². The van der Waals surface area contributed by atoms with E-state index < -0.39 is 5.60 Å². The Morgan fingerprint density at radius 3 is 2.82 bits per heavy atom. The predicted octanol–water partition coefficient (Wildman–Crippen LogP) is 3.24. The number of hydrogen-bond donors (Lipinski definition) is 1. The van der Waals surface area contributed by atoms with Crippen molar-refractivity contribution >= 4 is 10.9 Å². The van der Waals surface area contributed by atoms with E-state index in [0.29, 0.717) is 5.92 Å². The quantitative estimate of drug-likeness (QED) is 0.873. The van der Waals surface area contributed by atoms with Gasteiger partial charge in [-0.25, -0.2) is 0 Å². The highest BCUT2D eigenvalue weighted by Gasteiger charge is 2.44. The van der Waals surface area contributed by atoms with E-state index in [9.17, 15) is 5.11 Å². The molecule has 0 bridgehead atoms. The van der Waals surface area contributed by atoms with E-state index in [0.717, 1.165) is 35.7 Å². The Hall–Kier alpha value is -1.41. The van der Waals surface area contributed by atoms with Gasteiger partial charge in [-0.05, 0) is 42.9 Å². The molecule has 1 aromatic heterocycles. The highest BCUT2D eigenvalue weighted by molar-refractivity contribution is 5.83. The summed E-state index contributed by atoms with van der Waals surface area (Å²) >= 11 is 0. The average molecular weight is 227 g/mol. The van der Waals surface area contributed by atoms with E-state index in [4.69, 9.17) is 0 Å². The van der Waals surface area contributed by atoms with Crippen LogP contribution in [0.3, 0.4) is 0 Å². The van der Waals surface area contributed by atoms with Gasteiger partial charge in [-0.2, -0.15) is 0 Å². The molecule has 1 atom stereocenters. The first-order chi connectivity index (χ1) is 8.25. The third-order valence-electron chi connectivity index (χ3n) is 3.90. The number of nitrogens with zero attached hydrogens (tertiary/aromatic N) is 1. The molecule has 3 rings (SSSR count). The second-order valence-corrected chi connectivity index (χ2v) is 4.93. The monoisotopic (exact) mass is 227 g/mol. The number of pyridine rings is 1. The fraction of sp³-hybridized carbons (Fsp3) is 0.400. The number of rotatable bonds is 3. The lowest BCUT2D eigenvalue weighted by molar-refractivity contribution is 0.0104. The Morgan fingerprint density at radius 2 is 2.12 bits per heavy atom. The first kappa shape index (κ1) is 10.7. The molecule has 88 valence electrons. The van der Waals surface area contributed by atoms with Gasteiger partial charge in [0.05, 0.1) is 11.1 Å².